The Hall–Kier alpha value is -2.48. The molecule has 9 heteroatoms. The standard InChI is InChI=1S/C15H17N5O3.ClH/c1-10-2-4-11(5-3-10)14-16-18-20(17-14)9-13(21)19-7-6-12(8-19)15(22)23;/h2-5,12H,6-9H2,1H3,(H,22,23);1H. The van der Waals surface area contributed by atoms with E-state index in [1.807, 2.05) is 31.2 Å². The Bertz CT molecular complexity index is 731. The number of hydrogen-bond acceptors (Lipinski definition) is 5. The van der Waals surface area contributed by atoms with Gasteiger partial charge in [-0.15, -0.1) is 22.6 Å². The lowest BCUT2D eigenvalue weighted by Gasteiger charge is -2.14. The number of carbonyl (C=O) groups is 2. The molecule has 2 aromatic rings. The summed E-state index contributed by atoms with van der Waals surface area (Å²) >= 11 is 0. The first-order valence-corrected chi connectivity index (χ1v) is 7.38. The van der Waals surface area contributed by atoms with Crippen molar-refractivity contribution < 1.29 is 14.7 Å². The van der Waals surface area contributed by atoms with Crippen LogP contribution in [0.4, 0.5) is 0 Å². The number of aliphatic carboxylic acids is 1. The highest BCUT2D eigenvalue weighted by Gasteiger charge is 2.31. The summed E-state index contributed by atoms with van der Waals surface area (Å²) < 4.78 is 0. The highest BCUT2D eigenvalue weighted by Crippen LogP contribution is 2.17. The topological polar surface area (TPSA) is 101 Å². The first kappa shape index (κ1) is 17.9. The van der Waals surface area contributed by atoms with Gasteiger partial charge >= 0.3 is 5.97 Å². The molecule has 1 unspecified atom stereocenters. The fourth-order valence-electron chi connectivity index (χ4n) is 2.54. The van der Waals surface area contributed by atoms with Gasteiger partial charge in [-0.25, -0.2) is 0 Å². The summed E-state index contributed by atoms with van der Waals surface area (Å²) in [7, 11) is 0. The minimum atomic E-state index is -0.860. The smallest absolute Gasteiger partial charge is 0.308 e. The van der Waals surface area contributed by atoms with E-state index in [4.69, 9.17) is 5.11 Å². The van der Waals surface area contributed by atoms with Crippen LogP contribution in [0.25, 0.3) is 11.4 Å². The quantitative estimate of drug-likeness (QED) is 0.881. The van der Waals surface area contributed by atoms with E-state index in [1.54, 1.807) is 0 Å². The number of hydrogen-bond donors (Lipinski definition) is 1. The predicted molar refractivity (Wildman–Crippen MR) is 87.6 cm³/mol. The minimum absolute atomic E-state index is 0. The van der Waals surface area contributed by atoms with Crippen molar-refractivity contribution >= 4 is 24.3 Å². The number of halogens is 1. The van der Waals surface area contributed by atoms with Crippen LogP contribution >= 0.6 is 12.4 Å². The van der Waals surface area contributed by atoms with E-state index in [1.165, 1.54) is 9.70 Å². The molecule has 0 saturated carbocycles. The first-order chi connectivity index (χ1) is 11.0. The molecule has 2 heterocycles. The molecule has 1 aliphatic rings. The lowest BCUT2D eigenvalue weighted by atomic mass is 10.1. The Kier molecular flexibility index (Phi) is 5.50. The minimum Gasteiger partial charge on any atom is -0.481 e. The van der Waals surface area contributed by atoms with Crippen LogP contribution in [-0.2, 0) is 16.1 Å². The Balaban J connectivity index is 0.00000208. The zero-order valence-electron chi connectivity index (χ0n) is 13.1. The molecule has 128 valence electrons. The molecular weight excluding hydrogens is 334 g/mol. The Morgan fingerprint density at radius 2 is 2.00 bits per heavy atom. The second kappa shape index (κ2) is 7.39. The number of benzene rings is 1. The van der Waals surface area contributed by atoms with Crippen molar-refractivity contribution in [2.24, 2.45) is 5.92 Å². The van der Waals surface area contributed by atoms with Crippen LogP contribution in [0.1, 0.15) is 12.0 Å². The van der Waals surface area contributed by atoms with Crippen molar-refractivity contribution in [1.82, 2.24) is 25.1 Å². The molecule has 0 radical (unpaired) electrons. The fourth-order valence-corrected chi connectivity index (χ4v) is 2.54. The van der Waals surface area contributed by atoms with Crippen LogP contribution in [0, 0.1) is 12.8 Å². The highest BCUT2D eigenvalue weighted by atomic mass is 35.5. The van der Waals surface area contributed by atoms with Crippen molar-refractivity contribution in [3.8, 4) is 11.4 Å². The van der Waals surface area contributed by atoms with Crippen LogP contribution in [-0.4, -0.2) is 55.2 Å². The molecule has 1 atom stereocenters. The number of nitrogens with zero attached hydrogens (tertiary/aromatic N) is 5. The molecule has 8 nitrogen and oxygen atoms in total. The van der Waals surface area contributed by atoms with Gasteiger partial charge in [0.15, 0.2) is 0 Å². The third-order valence-corrected chi connectivity index (χ3v) is 3.93. The zero-order chi connectivity index (χ0) is 16.4. The van der Waals surface area contributed by atoms with Gasteiger partial charge in [0.25, 0.3) is 0 Å². The molecule has 0 spiro atoms. The van der Waals surface area contributed by atoms with Gasteiger partial charge in [0.1, 0.15) is 6.54 Å². The number of carboxylic acid groups (broad SMARTS) is 1. The first-order valence-electron chi connectivity index (χ1n) is 7.38. The van der Waals surface area contributed by atoms with Crippen LogP contribution in [0.3, 0.4) is 0 Å². The van der Waals surface area contributed by atoms with E-state index in [2.05, 4.69) is 15.4 Å². The van der Waals surface area contributed by atoms with E-state index in [0.29, 0.717) is 18.8 Å². The molecule has 1 N–H and O–H groups in total. The van der Waals surface area contributed by atoms with E-state index in [-0.39, 0.29) is 31.4 Å². The van der Waals surface area contributed by atoms with Gasteiger partial charge in [-0.2, -0.15) is 4.80 Å². The van der Waals surface area contributed by atoms with Crippen molar-refractivity contribution in [2.45, 2.75) is 19.9 Å². The Morgan fingerprint density at radius 3 is 2.62 bits per heavy atom. The summed E-state index contributed by atoms with van der Waals surface area (Å²) in [6.07, 6.45) is 0.487. The molecule has 3 rings (SSSR count). The lowest BCUT2D eigenvalue weighted by molar-refractivity contribution is -0.141. The molecule has 0 bridgehead atoms. The number of aromatic nitrogens is 4. The maximum Gasteiger partial charge on any atom is 0.308 e. The second-order valence-electron chi connectivity index (χ2n) is 5.67. The van der Waals surface area contributed by atoms with Crippen LogP contribution < -0.4 is 0 Å². The summed E-state index contributed by atoms with van der Waals surface area (Å²) in [5.74, 6) is -1.07. The Labute approximate surface area is 144 Å². The SMILES string of the molecule is Cc1ccc(-c2nnn(CC(=O)N3CCC(C(=O)O)C3)n2)cc1.Cl. The van der Waals surface area contributed by atoms with Gasteiger partial charge in [-0.3, -0.25) is 9.59 Å². The summed E-state index contributed by atoms with van der Waals surface area (Å²) in [6, 6.07) is 7.71. The normalized spacial score (nSPS) is 16.7. The third-order valence-electron chi connectivity index (χ3n) is 3.93. The van der Waals surface area contributed by atoms with Crippen LogP contribution in [0.15, 0.2) is 24.3 Å². The average Bonchev–Trinajstić information content (AvgIpc) is 3.17. The number of likely N-dealkylation sites (tertiary alicyclic amines) is 1. The average molecular weight is 352 g/mol. The van der Waals surface area contributed by atoms with E-state index in [0.717, 1.165) is 11.1 Å². The van der Waals surface area contributed by atoms with E-state index in [9.17, 15) is 9.59 Å². The summed E-state index contributed by atoms with van der Waals surface area (Å²) in [5.41, 5.74) is 1.97. The van der Waals surface area contributed by atoms with Gasteiger partial charge in [-0.05, 0) is 18.6 Å². The zero-order valence-corrected chi connectivity index (χ0v) is 13.9. The molecule has 1 saturated heterocycles. The van der Waals surface area contributed by atoms with Crippen molar-refractivity contribution in [1.29, 1.82) is 0 Å². The molecule has 1 aliphatic heterocycles. The molecule has 1 amide bonds. The monoisotopic (exact) mass is 351 g/mol. The van der Waals surface area contributed by atoms with E-state index < -0.39 is 11.9 Å². The predicted octanol–water partition coefficient (Wildman–Crippen LogP) is 1.00. The van der Waals surface area contributed by atoms with Gasteiger partial charge in [0, 0.05) is 18.7 Å². The van der Waals surface area contributed by atoms with E-state index >= 15 is 0 Å². The summed E-state index contributed by atoms with van der Waals surface area (Å²) in [5, 5.41) is 21.0. The third kappa shape index (κ3) is 3.88. The number of carboxylic acids is 1. The molecule has 1 fully saturated rings. The largest absolute Gasteiger partial charge is 0.481 e. The molecule has 1 aromatic carbocycles. The number of tetrazole rings is 1. The van der Waals surface area contributed by atoms with Crippen molar-refractivity contribution in [3.05, 3.63) is 29.8 Å². The summed E-state index contributed by atoms with van der Waals surface area (Å²) in [4.78, 5) is 25.9. The number of aryl methyl sites for hydroxylation is 1. The summed E-state index contributed by atoms with van der Waals surface area (Å²) in [6.45, 7) is 2.65. The van der Waals surface area contributed by atoms with Gasteiger partial charge < -0.3 is 10.0 Å². The number of carbonyl (C=O) groups excluding carboxylic acids is 1. The number of amides is 1. The van der Waals surface area contributed by atoms with Gasteiger partial charge in [-0.1, -0.05) is 29.8 Å². The van der Waals surface area contributed by atoms with Crippen LogP contribution in [0.2, 0.25) is 0 Å². The van der Waals surface area contributed by atoms with Gasteiger partial charge in [0.2, 0.25) is 11.7 Å². The van der Waals surface area contributed by atoms with Crippen molar-refractivity contribution in [2.75, 3.05) is 13.1 Å². The molecule has 24 heavy (non-hydrogen) atoms. The lowest BCUT2D eigenvalue weighted by Crippen LogP contribution is -2.33. The van der Waals surface area contributed by atoms with Crippen LogP contribution in [0.5, 0.6) is 0 Å². The maximum atomic E-state index is 12.2. The fraction of sp³-hybridized carbons (Fsp3) is 0.400. The molecule has 1 aromatic heterocycles. The van der Waals surface area contributed by atoms with Crippen molar-refractivity contribution in [3.63, 3.8) is 0 Å². The molecule has 0 aliphatic carbocycles. The van der Waals surface area contributed by atoms with Gasteiger partial charge in [0.05, 0.1) is 5.92 Å². The number of rotatable bonds is 4. The molecular formula is C15H18ClN5O3. The highest BCUT2D eigenvalue weighted by molar-refractivity contribution is 5.85. The Morgan fingerprint density at radius 1 is 1.29 bits per heavy atom. The maximum absolute atomic E-state index is 12.2. The second-order valence-corrected chi connectivity index (χ2v) is 5.67.